The van der Waals surface area contributed by atoms with Crippen molar-refractivity contribution in [2.45, 2.75) is 0 Å². The molecule has 7 aromatic carbocycles. The summed E-state index contributed by atoms with van der Waals surface area (Å²) in [7, 11) is 0. The van der Waals surface area contributed by atoms with E-state index in [1.165, 1.54) is 26.9 Å². The summed E-state index contributed by atoms with van der Waals surface area (Å²) in [6.07, 6.45) is 1.98. The first kappa shape index (κ1) is 24.6. The van der Waals surface area contributed by atoms with Crippen LogP contribution in [-0.2, 0) is 0 Å². The zero-order valence-corrected chi connectivity index (χ0v) is 23.8. The second-order valence-electron chi connectivity index (χ2n) is 11.3. The van der Waals surface area contributed by atoms with Crippen molar-refractivity contribution in [2.75, 3.05) is 4.90 Å². The van der Waals surface area contributed by atoms with Gasteiger partial charge in [-0.05, 0) is 86.9 Å². The highest BCUT2D eigenvalue weighted by atomic mass is 16.3. The summed E-state index contributed by atoms with van der Waals surface area (Å²) in [6, 6.07) is 53.6. The van der Waals surface area contributed by atoms with Gasteiger partial charge in [0.05, 0.1) is 17.6 Å². The molecule has 0 radical (unpaired) electrons. The van der Waals surface area contributed by atoms with Crippen molar-refractivity contribution in [1.82, 2.24) is 4.98 Å². The lowest BCUT2D eigenvalue weighted by Crippen LogP contribution is -2.10. The van der Waals surface area contributed by atoms with E-state index < -0.39 is 0 Å². The minimum atomic E-state index is 0.913. The molecule has 0 aliphatic heterocycles. The molecule has 0 aliphatic carbocycles. The monoisotopic (exact) mass is 562 g/mol. The summed E-state index contributed by atoms with van der Waals surface area (Å²) in [5, 5.41) is 9.46. The first-order valence-electron chi connectivity index (χ1n) is 14.9. The molecule has 0 N–H and O–H groups in total. The van der Waals surface area contributed by atoms with Gasteiger partial charge in [-0.3, -0.25) is 4.98 Å². The summed E-state index contributed by atoms with van der Waals surface area (Å²) in [4.78, 5) is 7.20. The van der Waals surface area contributed by atoms with Crippen molar-refractivity contribution in [3.63, 3.8) is 0 Å². The molecule has 3 heteroatoms. The number of fused-ring (bicyclic) bond motifs is 7. The molecule has 0 bridgehead atoms. The topological polar surface area (TPSA) is 29.3 Å². The van der Waals surface area contributed by atoms with Gasteiger partial charge in [-0.25, -0.2) is 0 Å². The predicted molar refractivity (Wildman–Crippen MR) is 184 cm³/mol. The maximum absolute atomic E-state index is 6.21. The van der Waals surface area contributed by atoms with E-state index in [2.05, 4.69) is 126 Å². The molecule has 0 saturated heterocycles. The van der Waals surface area contributed by atoms with Crippen LogP contribution >= 0.6 is 0 Å². The third kappa shape index (κ3) is 4.02. The Labute approximate surface area is 254 Å². The number of rotatable bonds is 4. The summed E-state index contributed by atoms with van der Waals surface area (Å²) >= 11 is 0. The minimum absolute atomic E-state index is 0.913. The highest BCUT2D eigenvalue weighted by Crippen LogP contribution is 2.40. The van der Waals surface area contributed by atoms with E-state index >= 15 is 0 Å². The Bertz CT molecular complexity index is 2490. The number of anilines is 3. The van der Waals surface area contributed by atoms with Crippen molar-refractivity contribution in [2.24, 2.45) is 0 Å². The average Bonchev–Trinajstić information content (AvgIpc) is 3.45. The molecular formula is C41H26N2O. The molecule has 0 spiro atoms. The highest BCUT2D eigenvalue weighted by Gasteiger charge is 2.16. The summed E-state index contributed by atoms with van der Waals surface area (Å²) in [6.45, 7) is 0. The fourth-order valence-corrected chi connectivity index (χ4v) is 6.46. The number of hydrogen-bond donors (Lipinski definition) is 0. The van der Waals surface area contributed by atoms with E-state index in [1.54, 1.807) is 0 Å². The smallest absolute Gasteiger partial charge is 0.136 e. The van der Waals surface area contributed by atoms with Crippen LogP contribution in [0, 0.1) is 0 Å². The van der Waals surface area contributed by atoms with Gasteiger partial charge in [-0.2, -0.15) is 0 Å². The van der Waals surface area contributed by atoms with Crippen LogP contribution in [0.25, 0.3) is 65.5 Å². The number of pyridine rings is 1. The number of furan rings is 1. The van der Waals surface area contributed by atoms with Crippen LogP contribution in [0.5, 0.6) is 0 Å². The fourth-order valence-electron chi connectivity index (χ4n) is 6.46. The van der Waals surface area contributed by atoms with Gasteiger partial charge in [0.25, 0.3) is 0 Å². The second kappa shape index (κ2) is 9.82. The Morgan fingerprint density at radius 2 is 1.09 bits per heavy atom. The largest absolute Gasteiger partial charge is 0.456 e. The Hall–Kier alpha value is -5.93. The van der Waals surface area contributed by atoms with E-state index in [4.69, 9.17) is 9.40 Å². The lowest BCUT2D eigenvalue weighted by Gasteiger charge is -2.26. The number of nitrogens with zero attached hydrogens (tertiary/aromatic N) is 2. The van der Waals surface area contributed by atoms with Crippen LogP contribution in [0.4, 0.5) is 17.1 Å². The summed E-state index contributed by atoms with van der Waals surface area (Å²) < 4.78 is 6.21. The average molecular weight is 563 g/mol. The fraction of sp³-hybridized carbons (Fsp3) is 0. The van der Waals surface area contributed by atoms with Gasteiger partial charge < -0.3 is 9.32 Å². The van der Waals surface area contributed by atoms with Crippen LogP contribution in [0.15, 0.2) is 162 Å². The van der Waals surface area contributed by atoms with Gasteiger partial charge in [-0.15, -0.1) is 0 Å². The van der Waals surface area contributed by atoms with E-state index in [9.17, 15) is 0 Å². The zero-order chi connectivity index (χ0) is 29.0. The number of aromatic nitrogens is 1. The SMILES string of the molecule is c1ccc(-c2ccc(N(c3ccc4ccccc4c3)c3ccc4ccc5cc6oc7ccccc7c6cc5c4c3)cn2)cc1. The van der Waals surface area contributed by atoms with Crippen LogP contribution in [0.1, 0.15) is 0 Å². The van der Waals surface area contributed by atoms with Crippen molar-refractivity contribution >= 4 is 71.3 Å². The normalized spacial score (nSPS) is 11.6. The minimum Gasteiger partial charge on any atom is -0.456 e. The molecule has 0 amide bonds. The third-order valence-corrected chi connectivity index (χ3v) is 8.64. The summed E-state index contributed by atoms with van der Waals surface area (Å²) in [5.41, 5.74) is 7.05. The van der Waals surface area contributed by atoms with E-state index in [1.807, 2.05) is 36.5 Å². The quantitative estimate of drug-likeness (QED) is 0.200. The molecule has 9 rings (SSSR count). The van der Waals surface area contributed by atoms with Crippen molar-refractivity contribution < 1.29 is 4.42 Å². The maximum Gasteiger partial charge on any atom is 0.136 e. The zero-order valence-electron chi connectivity index (χ0n) is 23.8. The lowest BCUT2D eigenvalue weighted by molar-refractivity contribution is 0.669. The van der Waals surface area contributed by atoms with Gasteiger partial charge >= 0.3 is 0 Å². The Kier molecular flexibility index (Phi) is 5.50. The molecule has 2 aromatic heterocycles. The highest BCUT2D eigenvalue weighted by molar-refractivity contribution is 6.17. The first-order chi connectivity index (χ1) is 21.8. The van der Waals surface area contributed by atoms with Gasteiger partial charge in [0.2, 0.25) is 0 Å². The molecule has 0 aliphatic rings. The molecule has 206 valence electrons. The van der Waals surface area contributed by atoms with E-state index in [0.717, 1.165) is 55.6 Å². The van der Waals surface area contributed by atoms with E-state index in [0.29, 0.717) is 0 Å². The third-order valence-electron chi connectivity index (χ3n) is 8.64. The Morgan fingerprint density at radius 3 is 1.95 bits per heavy atom. The van der Waals surface area contributed by atoms with Crippen LogP contribution in [-0.4, -0.2) is 4.98 Å². The molecule has 0 saturated carbocycles. The van der Waals surface area contributed by atoms with Crippen LogP contribution in [0.3, 0.4) is 0 Å². The molecule has 44 heavy (non-hydrogen) atoms. The molecule has 0 fully saturated rings. The first-order valence-corrected chi connectivity index (χ1v) is 14.9. The Balaban J connectivity index is 1.26. The summed E-state index contributed by atoms with van der Waals surface area (Å²) in [5.74, 6) is 0. The molecule has 0 atom stereocenters. The molecule has 3 nitrogen and oxygen atoms in total. The number of para-hydroxylation sites is 1. The molecular weight excluding hydrogens is 536 g/mol. The maximum atomic E-state index is 6.21. The predicted octanol–water partition coefficient (Wildman–Crippen LogP) is 11.6. The van der Waals surface area contributed by atoms with Crippen molar-refractivity contribution in [3.8, 4) is 11.3 Å². The van der Waals surface area contributed by atoms with Crippen molar-refractivity contribution in [1.29, 1.82) is 0 Å². The molecule has 0 unspecified atom stereocenters. The van der Waals surface area contributed by atoms with Gasteiger partial charge in [0.15, 0.2) is 0 Å². The number of hydrogen-bond acceptors (Lipinski definition) is 3. The Morgan fingerprint density at radius 1 is 0.409 bits per heavy atom. The standard InChI is InChI=1S/C41H26N2O/c1-2-9-29(10-3-1)39-21-20-34(26-42-39)43(32-18-16-27-8-4-5-11-30(27)22-32)33-19-17-28-14-15-31-23-41-38(25-37(31)36(28)24-33)35-12-6-7-13-40(35)44-41/h1-26H. The van der Waals surface area contributed by atoms with Gasteiger partial charge in [-0.1, -0.05) is 97.1 Å². The van der Waals surface area contributed by atoms with Gasteiger partial charge in [0, 0.05) is 27.7 Å². The molecule has 2 heterocycles. The molecule has 9 aromatic rings. The van der Waals surface area contributed by atoms with Crippen molar-refractivity contribution in [3.05, 3.63) is 158 Å². The van der Waals surface area contributed by atoms with Gasteiger partial charge in [0.1, 0.15) is 11.2 Å². The lowest BCUT2D eigenvalue weighted by atomic mass is 9.99. The van der Waals surface area contributed by atoms with Crippen LogP contribution < -0.4 is 4.90 Å². The second-order valence-corrected chi connectivity index (χ2v) is 11.3. The number of benzene rings is 7. The van der Waals surface area contributed by atoms with E-state index in [-0.39, 0.29) is 0 Å². The van der Waals surface area contributed by atoms with Crippen LogP contribution in [0.2, 0.25) is 0 Å².